The van der Waals surface area contributed by atoms with E-state index in [4.69, 9.17) is 14.9 Å². The number of carbonyl (C=O) groups is 2. The summed E-state index contributed by atoms with van der Waals surface area (Å²) in [5.41, 5.74) is 0. The number of ether oxygens (including phenoxy) is 1. The third-order valence-electron chi connectivity index (χ3n) is 3.30. The van der Waals surface area contributed by atoms with Gasteiger partial charge in [0.25, 0.3) is 0 Å². The molecule has 17 heavy (non-hydrogen) atoms. The number of carboxylic acids is 1. The molecule has 6 nitrogen and oxygen atoms in total. The van der Waals surface area contributed by atoms with Gasteiger partial charge in [-0.1, -0.05) is 6.92 Å². The van der Waals surface area contributed by atoms with E-state index >= 15 is 0 Å². The van der Waals surface area contributed by atoms with E-state index in [1.807, 2.05) is 20.8 Å². The highest BCUT2D eigenvalue weighted by Gasteiger charge is 2.41. The number of carbonyl (C=O) groups excluding carboxylic acids is 1. The molecule has 1 fully saturated rings. The Morgan fingerprint density at radius 1 is 1.29 bits per heavy atom. The molecule has 0 aromatic carbocycles. The Morgan fingerprint density at radius 2 is 1.88 bits per heavy atom. The molecular weight excluding hydrogens is 226 g/mol. The average Bonchev–Trinajstić information content (AvgIpc) is 2.49. The second-order valence-corrected chi connectivity index (χ2v) is 4.53. The Balaban J connectivity index is 2.50. The maximum Gasteiger partial charge on any atom is 0.334 e. The molecule has 6 heteroatoms. The molecule has 4 unspecified atom stereocenters. The molecule has 0 aromatic heterocycles. The summed E-state index contributed by atoms with van der Waals surface area (Å²) < 4.78 is 5.52. The molecule has 0 aromatic rings. The first-order valence-corrected chi connectivity index (χ1v) is 5.68. The number of aliphatic carboxylic acids is 1. The smallest absolute Gasteiger partial charge is 0.334 e. The number of rotatable bonds is 4. The van der Waals surface area contributed by atoms with Crippen LogP contribution in [0.2, 0.25) is 0 Å². The standard InChI is InChI=1S/C11H19NO5/c1-5-6(2)17-7(3)9(5)10(14)12-4-8(13)11(15)16/h5-9,13H,4H2,1-3H3,(H,12,14)(H,15,16)/t5?,6?,7?,8-,9?/m0/s1. The molecule has 1 amide bonds. The fourth-order valence-corrected chi connectivity index (χ4v) is 2.12. The monoisotopic (exact) mass is 245 g/mol. The lowest BCUT2D eigenvalue weighted by atomic mass is 9.89. The Labute approximate surface area is 100.0 Å². The van der Waals surface area contributed by atoms with Crippen molar-refractivity contribution >= 4 is 11.9 Å². The van der Waals surface area contributed by atoms with E-state index in [1.165, 1.54) is 0 Å². The average molecular weight is 245 g/mol. The van der Waals surface area contributed by atoms with Crippen LogP contribution in [0.4, 0.5) is 0 Å². The second-order valence-electron chi connectivity index (χ2n) is 4.53. The van der Waals surface area contributed by atoms with Gasteiger partial charge in [-0.2, -0.15) is 0 Å². The molecule has 3 N–H and O–H groups in total. The molecule has 1 aliphatic rings. The van der Waals surface area contributed by atoms with Gasteiger partial charge in [0.15, 0.2) is 6.10 Å². The van der Waals surface area contributed by atoms with Gasteiger partial charge in [0.2, 0.25) is 5.91 Å². The van der Waals surface area contributed by atoms with Gasteiger partial charge >= 0.3 is 5.97 Å². The summed E-state index contributed by atoms with van der Waals surface area (Å²) in [6, 6.07) is 0. The summed E-state index contributed by atoms with van der Waals surface area (Å²) in [5.74, 6) is -1.84. The normalized spacial score (nSPS) is 34.4. The summed E-state index contributed by atoms with van der Waals surface area (Å²) >= 11 is 0. The lowest BCUT2D eigenvalue weighted by molar-refractivity contribution is -0.146. The summed E-state index contributed by atoms with van der Waals surface area (Å²) in [6.45, 7) is 5.36. The van der Waals surface area contributed by atoms with Crippen LogP contribution in [0.15, 0.2) is 0 Å². The Bertz CT molecular complexity index is 306. The van der Waals surface area contributed by atoms with Gasteiger partial charge in [0, 0.05) is 0 Å². The molecule has 5 atom stereocenters. The zero-order chi connectivity index (χ0) is 13.2. The van der Waals surface area contributed by atoms with Crippen molar-refractivity contribution in [3.63, 3.8) is 0 Å². The maximum absolute atomic E-state index is 11.8. The minimum absolute atomic E-state index is 0.00477. The fraction of sp³-hybridized carbons (Fsp3) is 0.818. The number of amides is 1. The molecule has 98 valence electrons. The zero-order valence-electron chi connectivity index (χ0n) is 10.2. The van der Waals surface area contributed by atoms with Crippen molar-refractivity contribution in [1.29, 1.82) is 0 Å². The van der Waals surface area contributed by atoms with Crippen molar-refractivity contribution in [1.82, 2.24) is 5.32 Å². The van der Waals surface area contributed by atoms with Crippen molar-refractivity contribution in [2.45, 2.75) is 39.1 Å². The molecular formula is C11H19NO5. The van der Waals surface area contributed by atoms with Crippen molar-refractivity contribution in [3.05, 3.63) is 0 Å². The number of aliphatic hydroxyl groups excluding tert-OH is 1. The quantitative estimate of drug-likeness (QED) is 0.626. The van der Waals surface area contributed by atoms with Crippen LogP contribution in [0.25, 0.3) is 0 Å². The van der Waals surface area contributed by atoms with E-state index in [2.05, 4.69) is 5.32 Å². The van der Waals surface area contributed by atoms with Gasteiger partial charge < -0.3 is 20.3 Å². The van der Waals surface area contributed by atoms with Crippen LogP contribution in [0.1, 0.15) is 20.8 Å². The molecule has 1 heterocycles. The van der Waals surface area contributed by atoms with Crippen molar-refractivity contribution in [2.24, 2.45) is 11.8 Å². The predicted molar refractivity (Wildman–Crippen MR) is 59.3 cm³/mol. The van der Waals surface area contributed by atoms with Gasteiger partial charge in [0.1, 0.15) is 0 Å². The highest BCUT2D eigenvalue weighted by Crippen LogP contribution is 2.32. The van der Waals surface area contributed by atoms with Gasteiger partial charge in [-0.25, -0.2) is 4.79 Å². The lowest BCUT2D eigenvalue weighted by Gasteiger charge is -2.18. The minimum Gasteiger partial charge on any atom is -0.479 e. The molecule has 1 saturated heterocycles. The van der Waals surface area contributed by atoms with E-state index in [-0.39, 0.29) is 36.5 Å². The molecule has 1 aliphatic heterocycles. The highest BCUT2D eigenvalue weighted by atomic mass is 16.5. The molecule has 0 aliphatic carbocycles. The SMILES string of the molecule is CC1OC(C)C(C(=O)NC[C@H](O)C(=O)O)C1C. The number of nitrogens with one attached hydrogen (secondary N) is 1. The van der Waals surface area contributed by atoms with Crippen LogP contribution in [-0.4, -0.2) is 46.9 Å². The van der Waals surface area contributed by atoms with E-state index in [1.54, 1.807) is 0 Å². The van der Waals surface area contributed by atoms with E-state index in [9.17, 15) is 9.59 Å². The fourth-order valence-electron chi connectivity index (χ4n) is 2.12. The Kier molecular flexibility index (Phi) is 4.47. The van der Waals surface area contributed by atoms with Gasteiger partial charge in [-0.15, -0.1) is 0 Å². The second kappa shape index (κ2) is 5.46. The topological polar surface area (TPSA) is 95.9 Å². The zero-order valence-corrected chi connectivity index (χ0v) is 10.2. The Hall–Kier alpha value is -1.14. The van der Waals surface area contributed by atoms with Crippen LogP contribution in [0.5, 0.6) is 0 Å². The van der Waals surface area contributed by atoms with Gasteiger partial charge in [0.05, 0.1) is 24.7 Å². The summed E-state index contributed by atoms with van der Waals surface area (Å²) in [4.78, 5) is 22.2. The number of hydrogen-bond acceptors (Lipinski definition) is 4. The highest BCUT2D eigenvalue weighted by molar-refractivity contribution is 5.81. The van der Waals surface area contributed by atoms with Crippen LogP contribution in [0, 0.1) is 11.8 Å². The minimum atomic E-state index is -1.57. The van der Waals surface area contributed by atoms with Crippen LogP contribution in [0.3, 0.4) is 0 Å². The number of aliphatic hydroxyl groups is 1. The third-order valence-corrected chi connectivity index (χ3v) is 3.30. The van der Waals surface area contributed by atoms with Crippen LogP contribution < -0.4 is 5.32 Å². The summed E-state index contributed by atoms with van der Waals surface area (Å²) in [7, 11) is 0. The maximum atomic E-state index is 11.8. The summed E-state index contributed by atoms with van der Waals surface area (Å²) in [5, 5.41) is 20.0. The first-order valence-electron chi connectivity index (χ1n) is 5.68. The predicted octanol–water partition coefficient (Wildman–Crippen LogP) is -0.392. The van der Waals surface area contributed by atoms with Crippen molar-refractivity contribution in [2.75, 3.05) is 6.54 Å². The van der Waals surface area contributed by atoms with E-state index < -0.39 is 12.1 Å². The van der Waals surface area contributed by atoms with Crippen LogP contribution in [-0.2, 0) is 14.3 Å². The van der Waals surface area contributed by atoms with Gasteiger partial charge in [-0.3, -0.25) is 4.79 Å². The van der Waals surface area contributed by atoms with Crippen LogP contribution >= 0.6 is 0 Å². The first kappa shape index (κ1) is 13.9. The Morgan fingerprint density at radius 3 is 2.29 bits per heavy atom. The van der Waals surface area contributed by atoms with E-state index in [0.29, 0.717) is 0 Å². The summed E-state index contributed by atoms with van der Waals surface area (Å²) in [6.07, 6.45) is -1.75. The molecule has 0 radical (unpaired) electrons. The number of hydrogen-bond donors (Lipinski definition) is 3. The first-order chi connectivity index (χ1) is 7.84. The van der Waals surface area contributed by atoms with Gasteiger partial charge in [-0.05, 0) is 19.8 Å². The molecule has 0 spiro atoms. The molecule has 0 bridgehead atoms. The third kappa shape index (κ3) is 3.17. The molecule has 1 rings (SSSR count). The van der Waals surface area contributed by atoms with Crippen molar-refractivity contribution < 1.29 is 24.5 Å². The molecule has 0 saturated carbocycles. The van der Waals surface area contributed by atoms with Crippen molar-refractivity contribution in [3.8, 4) is 0 Å². The number of carboxylic acid groups (broad SMARTS) is 1. The van der Waals surface area contributed by atoms with E-state index in [0.717, 1.165) is 0 Å². The largest absolute Gasteiger partial charge is 0.479 e. The lowest BCUT2D eigenvalue weighted by Crippen LogP contribution is -2.42.